The molecule has 0 heterocycles. The third-order valence-corrected chi connectivity index (χ3v) is 2.24. The summed E-state index contributed by atoms with van der Waals surface area (Å²) in [6, 6.07) is 0. The maximum Gasteiger partial charge on any atom is 0.300 e. The van der Waals surface area contributed by atoms with Crippen LogP contribution in [0.4, 0.5) is 0 Å². The molecule has 0 unspecified atom stereocenters. The van der Waals surface area contributed by atoms with Gasteiger partial charge in [-0.15, -0.1) is 0 Å². The molecule has 0 saturated carbocycles. The minimum atomic E-state index is 0. The van der Waals surface area contributed by atoms with Gasteiger partial charge in [-0.2, -0.15) is 0 Å². The van der Waals surface area contributed by atoms with Gasteiger partial charge in [0.15, 0.2) is 0 Å². The first-order chi connectivity index (χ1) is 5.63. The van der Waals surface area contributed by atoms with E-state index in [1.807, 2.05) is 12.2 Å². The van der Waals surface area contributed by atoms with Gasteiger partial charge in [-0.05, 0) is 23.5 Å². The second-order valence-electron chi connectivity index (χ2n) is 1.90. The monoisotopic (exact) mass is 364 g/mol. The number of nitrogens with two attached hydrogens (primary N) is 4. The average molecular weight is 366 g/mol. The first-order valence-corrected chi connectivity index (χ1v) is 5.26. The van der Waals surface area contributed by atoms with Gasteiger partial charge >= 0.3 is 0 Å². The van der Waals surface area contributed by atoms with E-state index >= 15 is 0 Å². The van der Waals surface area contributed by atoms with Crippen LogP contribution in [0.2, 0.25) is 0 Å². The summed E-state index contributed by atoms with van der Waals surface area (Å²) in [6.07, 6.45) is 3.95. The van der Waals surface area contributed by atoms with Crippen LogP contribution in [0.25, 0.3) is 0 Å². The fourth-order valence-electron chi connectivity index (χ4n) is 0.425. The first kappa shape index (κ1) is 19.8. The van der Waals surface area contributed by atoms with Crippen LogP contribution in [0.15, 0.2) is 12.2 Å². The van der Waals surface area contributed by atoms with E-state index in [1.54, 1.807) is 0 Å². The lowest BCUT2D eigenvalue weighted by atomic mass is 10.6. The van der Waals surface area contributed by atoms with Crippen LogP contribution in [0, 0.1) is 0 Å². The van der Waals surface area contributed by atoms with Gasteiger partial charge < -0.3 is 34.0 Å². The smallest absolute Gasteiger partial charge is 0.300 e. The maximum absolute atomic E-state index is 5.23. The summed E-state index contributed by atoms with van der Waals surface area (Å²) in [5.74, 6) is 1.57. The molecule has 8 N–H and O–H groups in total. The van der Waals surface area contributed by atoms with Gasteiger partial charge in [0.2, 0.25) is 0 Å². The minimum absolute atomic E-state index is 0. The fraction of sp³-hybridized carbons (Fsp3) is 0.333. The van der Waals surface area contributed by atoms with E-state index in [9.17, 15) is 0 Å². The van der Waals surface area contributed by atoms with E-state index in [-0.39, 0.29) is 34.0 Å². The molecule has 0 aromatic carbocycles. The molecule has 4 nitrogen and oxygen atoms in total. The summed E-state index contributed by atoms with van der Waals surface area (Å²) in [6.45, 7) is 0. The summed E-state index contributed by atoms with van der Waals surface area (Å²) in [7, 11) is 0. The lowest BCUT2D eigenvalue weighted by Crippen LogP contribution is -3.00. The van der Waals surface area contributed by atoms with Crippen molar-refractivity contribution in [2.75, 3.05) is 11.5 Å². The van der Waals surface area contributed by atoms with Crippen LogP contribution in [0.3, 0.4) is 0 Å². The Bertz CT molecular complexity index is 178. The number of rotatable bonds is 4. The Morgan fingerprint density at radius 1 is 0.929 bits per heavy atom. The Balaban J connectivity index is -0.000000605. The normalized spacial score (nSPS) is 8.86. The topological polar surface area (TPSA) is 103 Å². The van der Waals surface area contributed by atoms with Gasteiger partial charge in [-0.3, -0.25) is 22.3 Å². The fourth-order valence-corrected chi connectivity index (χ4v) is 1.27. The standard InChI is InChI=1S/C6H12N4S2.2BrH/c7-5(8)11-3-1-2-4-12-6(9)10;;/h1-2H,3-4H2,(H3,7,8)(H3,9,10);2*1H/b2-1+;;. The van der Waals surface area contributed by atoms with Crippen LogP contribution in [-0.4, -0.2) is 21.8 Å². The molecule has 84 valence electrons. The lowest BCUT2D eigenvalue weighted by Gasteiger charge is -1.87. The highest BCUT2D eigenvalue weighted by molar-refractivity contribution is 8.13. The van der Waals surface area contributed by atoms with Crippen LogP contribution in [0.5, 0.6) is 0 Å². The Morgan fingerprint density at radius 2 is 1.21 bits per heavy atom. The Hall–Kier alpha value is 0.340. The van der Waals surface area contributed by atoms with Crippen LogP contribution in [0.1, 0.15) is 0 Å². The van der Waals surface area contributed by atoms with Gasteiger partial charge in [-0.1, -0.05) is 12.2 Å². The molecule has 0 aromatic heterocycles. The Morgan fingerprint density at radius 3 is 1.43 bits per heavy atom. The number of thioether (sulfide) groups is 2. The quantitative estimate of drug-likeness (QED) is 0.225. The van der Waals surface area contributed by atoms with Crippen LogP contribution >= 0.6 is 23.5 Å². The molecule has 0 fully saturated rings. The van der Waals surface area contributed by atoms with Crippen molar-refractivity contribution < 1.29 is 44.8 Å². The van der Waals surface area contributed by atoms with Crippen molar-refractivity contribution >= 4 is 33.9 Å². The van der Waals surface area contributed by atoms with Crippen molar-refractivity contribution in [2.45, 2.75) is 0 Å². The van der Waals surface area contributed by atoms with E-state index in [2.05, 4.69) is 0 Å². The van der Waals surface area contributed by atoms with Crippen molar-refractivity contribution in [3.8, 4) is 0 Å². The second kappa shape index (κ2) is 13.3. The zero-order valence-electron chi connectivity index (χ0n) is 7.45. The van der Waals surface area contributed by atoms with Crippen molar-refractivity contribution in [3.63, 3.8) is 0 Å². The predicted octanol–water partition coefficient (Wildman–Crippen LogP) is -8.84. The van der Waals surface area contributed by atoms with E-state index < -0.39 is 0 Å². The Kier molecular flexibility index (Phi) is 18.9. The molecule has 0 spiro atoms. The van der Waals surface area contributed by atoms with E-state index in [1.165, 1.54) is 23.5 Å². The van der Waals surface area contributed by atoms with E-state index in [0.29, 0.717) is 10.3 Å². The zero-order valence-corrected chi connectivity index (χ0v) is 12.3. The van der Waals surface area contributed by atoms with Gasteiger partial charge in [0.1, 0.15) is 0 Å². The molecular formula is C6H14Br2N4S2. The molecule has 0 rings (SSSR count). The summed E-state index contributed by atoms with van der Waals surface area (Å²) in [4.78, 5) is 0. The third kappa shape index (κ3) is 18.2. The van der Waals surface area contributed by atoms with Crippen molar-refractivity contribution in [3.05, 3.63) is 12.2 Å². The number of hydrogen-bond acceptors (Lipinski definition) is 2. The Labute approximate surface area is 113 Å². The first-order valence-electron chi connectivity index (χ1n) is 3.29. The van der Waals surface area contributed by atoms with Gasteiger partial charge in [-0.25, -0.2) is 0 Å². The SMILES string of the molecule is NC(=[NH2+])SC/C=C/CSC(N)=[NH2+].[Br-].[Br-]. The maximum atomic E-state index is 5.23. The molecule has 14 heavy (non-hydrogen) atoms. The number of amidine groups is 2. The molecule has 0 atom stereocenters. The molecule has 0 aliphatic heterocycles. The molecule has 8 heteroatoms. The molecule has 0 amide bonds. The highest BCUT2D eigenvalue weighted by atomic mass is 79.9. The van der Waals surface area contributed by atoms with E-state index in [4.69, 9.17) is 22.3 Å². The van der Waals surface area contributed by atoms with Gasteiger partial charge in [0.05, 0.1) is 0 Å². The molecular weight excluding hydrogens is 352 g/mol. The molecule has 0 radical (unpaired) electrons. The van der Waals surface area contributed by atoms with Crippen molar-refractivity contribution in [1.29, 1.82) is 0 Å². The highest BCUT2D eigenvalue weighted by Crippen LogP contribution is 1.99. The molecule has 0 bridgehead atoms. The second-order valence-corrected chi connectivity index (χ2v) is 4.08. The molecule has 0 aliphatic carbocycles. The summed E-state index contributed by atoms with van der Waals surface area (Å²) < 4.78 is 0. The average Bonchev–Trinajstić information content (AvgIpc) is 1.95. The minimum Gasteiger partial charge on any atom is -1.00 e. The summed E-state index contributed by atoms with van der Waals surface area (Å²) in [5, 5.41) is 11.2. The predicted molar refractivity (Wildman–Crippen MR) is 56.3 cm³/mol. The lowest BCUT2D eigenvalue weighted by molar-refractivity contribution is -0.110. The van der Waals surface area contributed by atoms with Crippen molar-refractivity contribution in [1.82, 2.24) is 0 Å². The number of halogens is 2. The van der Waals surface area contributed by atoms with Gasteiger partial charge in [0, 0.05) is 11.5 Å². The highest BCUT2D eigenvalue weighted by Gasteiger charge is 1.93. The zero-order chi connectivity index (χ0) is 9.40. The largest absolute Gasteiger partial charge is 1.00 e. The van der Waals surface area contributed by atoms with Crippen LogP contribution in [-0.2, 0) is 0 Å². The summed E-state index contributed by atoms with van der Waals surface area (Å²) in [5.41, 5.74) is 10.5. The number of hydrogen-bond donors (Lipinski definition) is 4. The molecule has 0 saturated heterocycles. The van der Waals surface area contributed by atoms with E-state index in [0.717, 1.165) is 11.5 Å². The van der Waals surface area contributed by atoms with Crippen LogP contribution < -0.4 is 56.2 Å². The van der Waals surface area contributed by atoms with Gasteiger partial charge in [0.25, 0.3) is 10.3 Å². The third-order valence-electron chi connectivity index (χ3n) is 0.859. The van der Waals surface area contributed by atoms with Crippen molar-refractivity contribution in [2.24, 2.45) is 11.5 Å². The summed E-state index contributed by atoms with van der Waals surface area (Å²) >= 11 is 2.79. The molecule has 0 aromatic rings. The molecule has 0 aliphatic rings.